The highest BCUT2D eigenvalue weighted by Gasteiger charge is 2.12. The number of hydrogen-bond donors (Lipinski definition) is 2. The lowest BCUT2D eigenvalue weighted by Gasteiger charge is -2.21. The predicted molar refractivity (Wildman–Crippen MR) is 104 cm³/mol. The molecule has 0 atom stereocenters. The molecule has 0 unspecified atom stereocenters. The van der Waals surface area contributed by atoms with Gasteiger partial charge in [-0.25, -0.2) is 10.7 Å². The smallest absolute Gasteiger partial charge is 0.148 e. The first kappa shape index (κ1) is 20.6. The van der Waals surface area contributed by atoms with Gasteiger partial charge in [0.2, 0.25) is 0 Å². The number of rotatable bonds is 8. The SMILES string of the molecule is CCN(CC)c1ccc(N=Nc2c(C#N)cc(NOO)cc2C#N)c(OC)c1. The number of nitriles is 2. The molecule has 0 aliphatic carbocycles. The van der Waals surface area contributed by atoms with Crippen molar-refractivity contribution in [1.82, 2.24) is 0 Å². The van der Waals surface area contributed by atoms with E-state index < -0.39 is 0 Å². The summed E-state index contributed by atoms with van der Waals surface area (Å²) >= 11 is 0. The van der Waals surface area contributed by atoms with Gasteiger partial charge in [-0.2, -0.15) is 10.5 Å². The van der Waals surface area contributed by atoms with Gasteiger partial charge in [-0.1, -0.05) is 0 Å². The van der Waals surface area contributed by atoms with Crippen molar-refractivity contribution in [2.45, 2.75) is 13.8 Å². The van der Waals surface area contributed by atoms with Gasteiger partial charge in [-0.3, -0.25) is 0 Å². The fourth-order valence-corrected chi connectivity index (χ4v) is 2.66. The van der Waals surface area contributed by atoms with Crippen LogP contribution in [0.1, 0.15) is 25.0 Å². The maximum atomic E-state index is 9.36. The summed E-state index contributed by atoms with van der Waals surface area (Å²) in [6.07, 6.45) is 0. The van der Waals surface area contributed by atoms with Crippen molar-refractivity contribution < 1.29 is 15.0 Å². The van der Waals surface area contributed by atoms with E-state index in [-0.39, 0.29) is 22.5 Å². The predicted octanol–water partition coefficient (Wildman–Crippen LogP) is 4.52. The maximum Gasteiger partial charge on any atom is 0.148 e. The van der Waals surface area contributed by atoms with Crippen molar-refractivity contribution in [3.8, 4) is 17.9 Å². The van der Waals surface area contributed by atoms with Crippen LogP contribution in [-0.2, 0) is 4.99 Å². The largest absolute Gasteiger partial charge is 0.494 e. The van der Waals surface area contributed by atoms with Crippen LogP contribution >= 0.6 is 0 Å². The van der Waals surface area contributed by atoms with E-state index in [2.05, 4.69) is 39.4 Å². The number of nitrogens with one attached hydrogen (secondary N) is 1. The highest BCUT2D eigenvalue weighted by atomic mass is 17.2. The molecule has 144 valence electrons. The second-order valence-corrected chi connectivity index (χ2v) is 5.57. The Morgan fingerprint density at radius 2 is 1.71 bits per heavy atom. The number of benzene rings is 2. The molecular weight excluding hydrogens is 360 g/mol. The van der Waals surface area contributed by atoms with Crippen molar-refractivity contribution in [1.29, 1.82) is 10.5 Å². The fourth-order valence-electron chi connectivity index (χ4n) is 2.66. The zero-order valence-corrected chi connectivity index (χ0v) is 15.8. The fraction of sp³-hybridized carbons (Fsp3) is 0.263. The van der Waals surface area contributed by atoms with Gasteiger partial charge in [0.25, 0.3) is 0 Å². The quantitative estimate of drug-likeness (QED) is 0.392. The van der Waals surface area contributed by atoms with Crippen LogP contribution in [0.25, 0.3) is 0 Å². The first-order chi connectivity index (χ1) is 13.6. The third kappa shape index (κ3) is 4.54. The Bertz CT molecular complexity index is 907. The van der Waals surface area contributed by atoms with Crippen LogP contribution in [-0.4, -0.2) is 25.5 Å². The normalized spacial score (nSPS) is 10.4. The van der Waals surface area contributed by atoms with Crippen LogP contribution in [0.2, 0.25) is 0 Å². The van der Waals surface area contributed by atoms with Crippen LogP contribution in [0.5, 0.6) is 5.75 Å². The van der Waals surface area contributed by atoms with Crippen LogP contribution in [0.4, 0.5) is 22.7 Å². The summed E-state index contributed by atoms with van der Waals surface area (Å²) in [5, 5.41) is 35.5. The molecule has 0 spiro atoms. The Morgan fingerprint density at radius 3 is 2.21 bits per heavy atom. The van der Waals surface area contributed by atoms with Gasteiger partial charge >= 0.3 is 0 Å². The summed E-state index contributed by atoms with van der Waals surface area (Å²) in [5.41, 5.74) is 4.16. The number of anilines is 2. The summed E-state index contributed by atoms with van der Waals surface area (Å²) < 4.78 is 5.41. The van der Waals surface area contributed by atoms with Gasteiger partial charge in [0.1, 0.15) is 29.3 Å². The first-order valence-corrected chi connectivity index (χ1v) is 8.51. The molecule has 0 bridgehead atoms. The van der Waals surface area contributed by atoms with Gasteiger partial charge in [-0.15, -0.1) is 15.2 Å². The molecule has 0 aliphatic heterocycles. The molecule has 2 aromatic rings. The van der Waals surface area contributed by atoms with E-state index in [0.717, 1.165) is 18.8 Å². The summed E-state index contributed by atoms with van der Waals surface area (Å²) in [4.78, 5) is 6.00. The third-order valence-corrected chi connectivity index (χ3v) is 4.06. The van der Waals surface area contributed by atoms with Crippen LogP contribution in [0, 0.1) is 22.7 Å². The van der Waals surface area contributed by atoms with Crippen molar-refractivity contribution in [3.63, 3.8) is 0 Å². The van der Waals surface area contributed by atoms with Gasteiger partial charge < -0.3 is 9.64 Å². The van der Waals surface area contributed by atoms with E-state index >= 15 is 0 Å². The van der Waals surface area contributed by atoms with Crippen molar-refractivity contribution in [2.75, 3.05) is 30.6 Å². The molecule has 0 radical (unpaired) electrons. The van der Waals surface area contributed by atoms with Crippen molar-refractivity contribution in [2.24, 2.45) is 10.2 Å². The topological polar surface area (TPSA) is 126 Å². The molecule has 0 saturated heterocycles. The molecular formula is C19H20N6O3. The van der Waals surface area contributed by atoms with Crippen molar-refractivity contribution in [3.05, 3.63) is 41.5 Å². The number of nitrogens with zero attached hydrogens (tertiary/aromatic N) is 5. The zero-order valence-electron chi connectivity index (χ0n) is 15.8. The molecule has 0 fully saturated rings. The van der Waals surface area contributed by atoms with Crippen LogP contribution in [0.15, 0.2) is 40.6 Å². The Balaban J connectivity index is 2.46. The molecule has 0 saturated carbocycles. The van der Waals surface area contributed by atoms with E-state index in [1.165, 1.54) is 19.2 Å². The lowest BCUT2D eigenvalue weighted by atomic mass is 10.1. The summed E-state index contributed by atoms with van der Waals surface area (Å²) in [5.74, 6) is 0.525. The molecule has 0 aromatic heterocycles. The van der Waals surface area contributed by atoms with Crippen molar-refractivity contribution >= 4 is 22.7 Å². The van der Waals surface area contributed by atoms with Crippen LogP contribution in [0.3, 0.4) is 0 Å². The molecule has 28 heavy (non-hydrogen) atoms. The average Bonchev–Trinajstić information content (AvgIpc) is 2.73. The van der Waals surface area contributed by atoms with E-state index in [1.54, 1.807) is 6.07 Å². The maximum absolute atomic E-state index is 9.36. The second-order valence-electron chi connectivity index (χ2n) is 5.57. The highest BCUT2D eigenvalue weighted by Crippen LogP contribution is 2.35. The Kier molecular flexibility index (Phi) is 7.28. The average molecular weight is 380 g/mol. The number of ether oxygens (including phenoxy) is 1. The van der Waals surface area contributed by atoms with E-state index in [9.17, 15) is 10.5 Å². The molecule has 2 aromatic carbocycles. The van der Waals surface area contributed by atoms with Gasteiger partial charge in [0.15, 0.2) is 0 Å². The van der Waals surface area contributed by atoms with E-state index in [0.29, 0.717) is 11.4 Å². The second kappa shape index (κ2) is 9.88. The Labute approximate surface area is 162 Å². The zero-order chi connectivity index (χ0) is 20.5. The molecule has 2 N–H and O–H groups in total. The summed E-state index contributed by atoms with van der Waals surface area (Å²) in [7, 11) is 1.54. The number of hydrogen-bond acceptors (Lipinski definition) is 9. The summed E-state index contributed by atoms with van der Waals surface area (Å²) in [6.45, 7) is 5.85. The van der Waals surface area contributed by atoms with Crippen LogP contribution < -0.4 is 15.1 Å². The first-order valence-electron chi connectivity index (χ1n) is 8.51. The molecule has 2 rings (SSSR count). The monoisotopic (exact) mass is 380 g/mol. The Hall–Kier alpha value is -3.66. The van der Waals surface area contributed by atoms with Gasteiger partial charge in [0, 0.05) is 24.8 Å². The molecule has 9 nitrogen and oxygen atoms in total. The molecule has 0 aliphatic rings. The minimum atomic E-state index is 0.0982. The molecule has 0 heterocycles. The minimum Gasteiger partial charge on any atom is -0.494 e. The van der Waals surface area contributed by atoms with E-state index in [4.69, 9.17) is 9.99 Å². The number of azo groups is 1. The standard InChI is InChI=1S/C19H20N6O3/c1-4-25(5-2)16-6-7-17(18(10-16)27-3)22-23-19-13(11-20)8-15(24-28-26)9-14(19)12-21/h6-10,24,26H,4-5H2,1-3H3. The highest BCUT2D eigenvalue weighted by molar-refractivity contribution is 5.69. The molecule has 0 amide bonds. The van der Waals surface area contributed by atoms with Gasteiger partial charge in [-0.05, 0) is 38.1 Å². The third-order valence-electron chi connectivity index (χ3n) is 4.06. The Morgan fingerprint density at radius 1 is 1.07 bits per heavy atom. The lowest BCUT2D eigenvalue weighted by molar-refractivity contribution is -0.215. The summed E-state index contributed by atoms with van der Waals surface area (Å²) in [6, 6.07) is 12.2. The lowest BCUT2D eigenvalue weighted by Crippen LogP contribution is -2.21. The van der Waals surface area contributed by atoms with E-state index in [1.807, 2.05) is 24.3 Å². The number of methoxy groups -OCH3 is 1. The minimum absolute atomic E-state index is 0.0982. The van der Waals surface area contributed by atoms with Gasteiger partial charge in [0.05, 0.1) is 23.9 Å². The molecule has 9 heteroatoms.